The number of rotatable bonds is 2. The van der Waals surface area contributed by atoms with E-state index in [9.17, 15) is 4.48 Å². The molecule has 0 amide bonds. The number of allylic oxidation sites excluding steroid dienone is 10. The number of nitrogens with zero attached hydrogens (tertiary/aromatic N) is 1. The highest BCUT2D eigenvalue weighted by Gasteiger charge is 2.18. The van der Waals surface area contributed by atoms with Gasteiger partial charge in [-0.05, 0) is 25.0 Å². The fourth-order valence-corrected chi connectivity index (χ4v) is 1.98. The van der Waals surface area contributed by atoms with Crippen molar-refractivity contribution in [3.8, 4) is 0 Å². The molecule has 5 heteroatoms. The lowest BCUT2D eigenvalue weighted by atomic mass is 9.92. The monoisotopic (exact) mass is 282 g/mol. The van der Waals surface area contributed by atoms with Crippen LogP contribution in [0, 0.1) is 16.2 Å². The van der Waals surface area contributed by atoms with E-state index in [1.807, 2.05) is 0 Å². The van der Waals surface area contributed by atoms with Crippen molar-refractivity contribution in [3.05, 3.63) is 58.7 Å². The molecule has 0 atom stereocenters. The molecule has 0 unspecified atom stereocenters. The summed E-state index contributed by atoms with van der Waals surface area (Å²) in [6, 6.07) is 0. The number of hydrogen-bond donors (Lipinski definition) is 3. The van der Waals surface area contributed by atoms with E-state index < -0.39 is 0 Å². The van der Waals surface area contributed by atoms with Crippen molar-refractivity contribution in [2.45, 2.75) is 13.8 Å². The Morgan fingerprint density at radius 2 is 1.33 bits per heavy atom. The molecule has 0 saturated carbocycles. The molecule has 3 N–H and O–H groups in total. The van der Waals surface area contributed by atoms with Gasteiger partial charge in [0.25, 0.3) is 0 Å². The Balaban J connectivity index is 2.32. The van der Waals surface area contributed by atoms with Crippen molar-refractivity contribution < 1.29 is 4.48 Å². The summed E-state index contributed by atoms with van der Waals surface area (Å²) in [6.07, 6.45) is 10.2. The van der Waals surface area contributed by atoms with Crippen LogP contribution in [0.1, 0.15) is 13.8 Å². The van der Waals surface area contributed by atoms with Gasteiger partial charge in [-0.3, -0.25) is 16.2 Å². The predicted octanol–water partition coefficient (Wildman–Crippen LogP) is 3.70. The van der Waals surface area contributed by atoms with Crippen LogP contribution in [0.5, 0.6) is 0 Å². The van der Waals surface area contributed by atoms with Gasteiger partial charge in [-0.1, -0.05) is 46.2 Å². The summed E-state index contributed by atoms with van der Waals surface area (Å²) in [4.78, 5) is 0. The van der Waals surface area contributed by atoms with Crippen molar-refractivity contribution in [2.75, 3.05) is 0 Å². The summed E-state index contributed by atoms with van der Waals surface area (Å²) in [7, 11) is 0. The Morgan fingerprint density at radius 3 is 1.95 bits per heavy atom. The van der Waals surface area contributed by atoms with E-state index in [0.717, 1.165) is 5.57 Å². The minimum absolute atomic E-state index is 0.0176. The maximum Gasteiger partial charge on any atom is 0.128 e. The average Bonchev–Trinajstić information content (AvgIpc) is 2.47. The maximum absolute atomic E-state index is 12.8. The Bertz CT molecular complexity index is 727. The van der Waals surface area contributed by atoms with E-state index in [4.69, 9.17) is 16.2 Å². The van der Waals surface area contributed by atoms with Crippen molar-refractivity contribution in [1.82, 2.24) is 0 Å². The molecule has 2 rings (SSSR count). The first-order valence-corrected chi connectivity index (χ1v) is 6.37. The quantitative estimate of drug-likeness (QED) is 0.645. The molecule has 0 spiro atoms. The van der Waals surface area contributed by atoms with Gasteiger partial charge in [-0.15, -0.1) is 0 Å². The summed E-state index contributed by atoms with van der Waals surface area (Å²) < 4.78 is 12.8. The molecule has 0 aliphatic heterocycles. The van der Waals surface area contributed by atoms with Crippen LogP contribution in [-0.4, -0.2) is 22.8 Å². The second kappa shape index (κ2) is 5.75. The van der Waals surface area contributed by atoms with E-state index in [1.165, 1.54) is 0 Å². The summed E-state index contributed by atoms with van der Waals surface area (Å²) in [5.41, 5.74) is 2.77. The van der Waals surface area contributed by atoms with Crippen LogP contribution in [0.25, 0.3) is 0 Å². The van der Waals surface area contributed by atoms with Crippen LogP contribution in [0.4, 0.5) is 4.48 Å². The molecule has 0 aromatic rings. The van der Waals surface area contributed by atoms with Gasteiger partial charge in [0.1, 0.15) is 5.71 Å². The van der Waals surface area contributed by atoms with Crippen molar-refractivity contribution >= 4 is 22.8 Å². The minimum atomic E-state index is -0.0176. The molecule has 2 aliphatic carbocycles. The molecular weight excluding hydrogens is 267 g/mol. The largest absolute Gasteiger partial charge is 0.298 e. The van der Waals surface area contributed by atoms with Gasteiger partial charge < -0.3 is 0 Å². The molecular formula is C16H15FN4. The highest BCUT2D eigenvalue weighted by Crippen LogP contribution is 2.18. The van der Waals surface area contributed by atoms with Crippen LogP contribution in [0.3, 0.4) is 0 Å². The first-order chi connectivity index (χ1) is 9.95. The van der Waals surface area contributed by atoms with Crippen molar-refractivity contribution in [3.63, 3.8) is 0 Å². The normalized spacial score (nSPS) is 21.5. The van der Waals surface area contributed by atoms with E-state index in [2.05, 4.69) is 5.21 Å². The minimum Gasteiger partial charge on any atom is -0.298 e. The van der Waals surface area contributed by atoms with Crippen molar-refractivity contribution in [1.29, 1.82) is 16.2 Å². The SMILES string of the molecule is CC1=CC=C(/C=C/C2=CC=C(C)C(=N)/C2=N\F)C(=N)C1=N. The lowest BCUT2D eigenvalue weighted by Gasteiger charge is -2.14. The first kappa shape index (κ1) is 14.7. The Labute approximate surface area is 122 Å². The van der Waals surface area contributed by atoms with Crippen LogP contribution in [0.15, 0.2) is 64.0 Å². The second-order valence-electron chi connectivity index (χ2n) is 4.83. The third kappa shape index (κ3) is 2.76. The smallest absolute Gasteiger partial charge is 0.128 e. The fourth-order valence-electron chi connectivity index (χ4n) is 1.98. The van der Waals surface area contributed by atoms with Gasteiger partial charge in [-0.25, -0.2) is 0 Å². The average molecular weight is 282 g/mol. The second-order valence-corrected chi connectivity index (χ2v) is 4.83. The lowest BCUT2D eigenvalue weighted by molar-refractivity contribution is 0.539. The summed E-state index contributed by atoms with van der Waals surface area (Å²) in [6.45, 7) is 3.50. The molecule has 0 fully saturated rings. The molecule has 21 heavy (non-hydrogen) atoms. The zero-order valence-electron chi connectivity index (χ0n) is 11.8. The van der Waals surface area contributed by atoms with Crippen LogP contribution < -0.4 is 0 Å². The standard InChI is InChI=1S/C16H15FN4/c1-9-3-5-11(15(20)13(9)18)7-8-12-6-4-10(2)14(19)16(12)21-17/h3-8,18-20H,1-2H3/b8-7+,18-13?,19-14?,20-15?,21-16-. The van der Waals surface area contributed by atoms with Crippen LogP contribution in [-0.2, 0) is 0 Å². The zero-order chi connectivity index (χ0) is 15.6. The zero-order valence-corrected chi connectivity index (χ0v) is 11.8. The van der Waals surface area contributed by atoms with Crippen LogP contribution in [0.2, 0.25) is 0 Å². The Morgan fingerprint density at radius 1 is 0.810 bits per heavy atom. The van der Waals surface area contributed by atoms with E-state index in [1.54, 1.807) is 50.3 Å². The molecule has 0 bridgehead atoms. The third-order valence-electron chi connectivity index (χ3n) is 3.39. The highest BCUT2D eigenvalue weighted by atomic mass is 19.2. The lowest BCUT2D eigenvalue weighted by Crippen LogP contribution is -2.19. The molecule has 0 heterocycles. The molecule has 0 aromatic carbocycles. The molecule has 106 valence electrons. The third-order valence-corrected chi connectivity index (χ3v) is 3.39. The maximum atomic E-state index is 12.8. The number of nitrogens with one attached hydrogen (secondary N) is 3. The van der Waals surface area contributed by atoms with E-state index >= 15 is 0 Å². The summed E-state index contributed by atoms with van der Waals surface area (Å²) >= 11 is 0. The molecule has 0 saturated heterocycles. The summed E-state index contributed by atoms with van der Waals surface area (Å²) in [5, 5.41) is 26.1. The molecule has 0 radical (unpaired) electrons. The van der Waals surface area contributed by atoms with Gasteiger partial charge in [0.2, 0.25) is 0 Å². The number of hydrogen-bond acceptors (Lipinski definition) is 4. The van der Waals surface area contributed by atoms with E-state index in [0.29, 0.717) is 16.7 Å². The van der Waals surface area contributed by atoms with E-state index in [-0.39, 0.29) is 22.8 Å². The number of halogens is 1. The first-order valence-electron chi connectivity index (χ1n) is 6.37. The van der Waals surface area contributed by atoms with Crippen LogP contribution >= 0.6 is 0 Å². The summed E-state index contributed by atoms with van der Waals surface area (Å²) in [5.74, 6) is 0. The van der Waals surface area contributed by atoms with Gasteiger partial charge in [0.15, 0.2) is 0 Å². The Kier molecular flexibility index (Phi) is 4.03. The molecule has 4 nitrogen and oxygen atoms in total. The molecule has 0 aromatic heterocycles. The Hall–Kier alpha value is -2.69. The van der Waals surface area contributed by atoms with Gasteiger partial charge in [0.05, 0.1) is 17.1 Å². The fraction of sp³-hybridized carbons (Fsp3) is 0.125. The highest BCUT2D eigenvalue weighted by molar-refractivity contribution is 6.54. The topological polar surface area (TPSA) is 83.9 Å². The predicted molar refractivity (Wildman–Crippen MR) is 84.5 cm³/mol. The van der Waals surface area contributed by atoms with Gasteiger partial charge in [-0.2, -0.15) is 0 Å². The van der Waals surface area contributed by atoms with Gasteiger partial charge >= 0.3 is 0 Å². The molecule has 2 aliphatic rings. The van der Waals surface area contributed by atoms with Gasteiger partial charge in [0, 0.05) is 11.1 Å². The van der Waals surface area contributed by atoms with Crippen molar-refractivity contribution in [2.24, 2.45) is 5.21 Å².